The first-order valence-corrected chi connectivity index (χ1v) is 7.17. The van der Waals surface area contributed by atoms with Crippen LogP contribution in [0.2, 0.25) is 5.02 Å². The molecular formula is C17H13ClN4. The molecule has 0 amide bonds. The summed E-state index contributed by atoms with van der Waals surface area (Å²) in [5.41, 5.74) is 5.08. The Balaban J connectivity index is 2.21. The van der Waals surface area contributed by atoms with Gasteiger partial charge in [0.25, 0.3) is 0 Å². The van der Waals surface area contributed by atoms with Crippen molar-refractivity contribution in [1.82, 2.24) is 15.0 Å². The van der Waals surface area contributed by atoms with Crippen LogP contribution in [0, 0.1) is 25.2 Å². The Kier molecular flexibility index (Phi) is 3.66. The zero-order valence-electron chi connectivity index (χ0n) is 12.2. The van der Waals surface area contributed by atoms with E-state index in [2.05, 4.69) is 23.3 Å². The van der Waals surface area contributed by atoms with E-state index in [0.29, 0.717) is 16.4 Å². The zero-order valence-corrected chi connectivity index (χ0v) is 13.0. The van der Waals surface area contributed by atoms with Crippen LogP contribution in [0.4, 0.5) is 0 Å². The molecule has 0 atom stereocenters. The molecule has 0 fully saturated rings. The van der Waals surface area contributed by atoms with Gasteiger partial charge in [-0.05, 0) is 55.3 Å². The quantitative estimate of drug-likeness (QED) is 0.717. The minimum absolute atomic E-state index is 0.304. The molecule has 3 rings (SSSR count). The summed E-state index contributed by atoms with van der Waals surface area (Å²) >= 11 is 5.93. The number of benzene rings is 2. The lowest BCUT2D eigenvalue weighted by molar-refractivity contribution is 0.806. The maximum absolute atomic E-state index is 9.32. The first kappa shape index (κ1) is 14.3. The van der Waals surface area contributed by atoms with Crippen LogP contribution in [-0.2, 0) is 0 Å². The lowest BCUT2D eigenvalue weighted by Crippen LogP contribution is -2.00. The Hall–Kier alpha value is -2.64. The Morgan fingerprint density at radius 1 is 1.05 bits per heavy atom. The zero-order chi connectivity index (χ0) is 15.7. The maximum Gasteiger partial charge on any atom is 0.191 e. The number of hydrogen-bond acceptors (Lipinski definition) is 3. The van der Waals surface area contributed by atoms with E-state index < -0.39 is 0 Å². The summed E-state index contributed by atoms with van der Waals surface area (Å²) in [6.45, 7) is 4.10. The third-order valence-corrected chi connectivity index (χ3v) is 3.88. The van der Waals surface area contributed by atoms with Gasteiger partial charge >= 0.3 is 0 Å². The fraction of sp³-hybridized carbons (Fsp3) is 0.118. The molecule has 0 N–H and O–H groups in total. The van der Waals surface area contributed by atoms with Crippen LogP contribution in [0.15, 0.2) is 42.5 Å². The summed E-state index contributed by atoms with van der Waals surface area (Å²) in [6.07, 6.45) is 0. The van der Waals surface area contributed by atoms with Crippen LogP contribution in [0.25, 0.3) is 16.9 Å². The average Bonchev–Trinajstić information content (AvgIpc) is 2.94. The van der Waals surface area contributed by atoms with Crippen LogP contribution in [0.1, 0.15) is 16.8 Å². The van der Waals surface area contributed by atoms with Gasteiger partial charge in [0.15, 0.2) is 5.69 Å². The maximum atomic E-state index is 9.32. The van der Waals surface area contributed by atoms with Gasteiger partial charge in [-0.25, -0.2) is 4.68 Å². The van der Waals surface area contributed by atoms with Crippen LogP contribution in [0.3, 0.4) is 0 Å². The minimum Gasteiger partial charge on any atom is -0.211 e. The molecule has 4 nitrogen and oxygen atoms in total. The molecule has 2 aromatic carbocycles. The number of hydrogen-bond donors (Lipinski definition) is 0. The standard InChI is InChI=1S/C17H13ClN4/c1-11-3-4-13(9-12(11)2)17-16(10-19)20-21-22(17)15-7-5-14(18)6-8-15/h3-9H,1-2H3. The van der Waals surface area contributed by atoms with Gasteiger partial charge in [0.1, 0.15) is 11.8 Å². The van der Waals surface area contributed by atoms with E-state index in [1.54, 1.807) is 16.8 Å². The lowest BCUT2D eigenvalue weighted by Gasteiger charge is -2.09. The topological polar surface area (TPSA) is 54.5 Å². The lowest BCUT2D eigenvalue weighted by atomic mass is 10.0. The molecule has 0 bridgehead atoms. The number of rotatable bonds is 2. The van der Waals surface area contributed by atoms with E-state index in [1.807, 2.05) is 37.3 Å². The van der Waals surface area contributed by atoms with Gasteiger partial charge in [-0.1, -0.05) is 28.9 Å². The highest BCUT2D eigenvalue weighted by molar-refractivity contribution is 6.30. The summed E-state index contributed by atoms with van der Waals surface area (Å²) in [5, 5.41) is 18.1. The Bertz CT molecular complexity index is 873. The molecule has 0 radical (unpaired) electrons. The predicted molar refractivity (Wildman–Crippen MR) is 86.0 cm³/mol. The third-order valence-electron chi connectivity index (χ3n) is 3.63. The van der Waals surface area contributed by atoms with Gasteiger partial charge in [-0.3, -0.25) is 0 Å². The van der Waals surface area contributed by atoms with Gasteiger partial charge in [-0.15, -0.1) is 5.10 Å². The number of halogens is 1. The monoisotopic (exact) mass is 308 g/mol. The molecule has 0 aliphatic carbocycles. The van der Waals surface area contributed by atoms with Crippen molar-refractivity contribution < 1.29 is 0 Å². The number of aryl methyl sites for hydroxylation is 2. The highest BCUT2D eigenvalue weighted by atomic mass is 35.5. The van der Waals surface area contributed by atoms with Gasteiger partial charge in [0.05, 0.1) is 5.69 Å². The average molecular weight is 309 g/mol. The van der Waals surface area contributed by atoms with Gasteiger partial charge < -0.3 is 0 Å². The van der Waals surface area contributed by atoms with Gasteiger partial charge in [0, 0.05) is 10.6 Å². The fourth-order valence-electron chi connectivity index (χ4n) is 2.27. The number of nitriles is 1. The van der Waals surface area contributed by atoms with Crippen LogP contribution < -0.4 is 0 Å². The molecule has 5 heteroatoms. The molecule has 0 aliphatic heterocycles. The fourth-order valence-corrected chi connectivity index (χ4v) is 2.39. The summed E-state index contributed by atoms with van der Waals surface area (Å²) in [5.74, 6) is 0. The van der Waals surface area contributed by atoms with Gasteiger partial charge in [-0.2, -0.15) is 5.26 Å². The van der Waals surface area contributed by atoms with Crippen molar-refractivity contribution in [3.63, 3.8) is 0 Å². The molecule has 0 unspecified atom stereocenters. The van der Waals surface area contributed by atoms with Crippen molar-refractivity contribution in [3.05, 3.63) is 64.3 Å². The molecule has 0 saturated heterocycles. The molecule has 0 spiro atoms. The van der Waals surface area contributed by atoms with Crippen LogP contribution in [-0.4, -0.2) is 15.0 Å². The summed E-state index contributed by atoms with van der Waals surface area (Å²) in [4.78, 5) is 0. The molecule has 1 aromatic heterocycles. The molecule has 0 aliphatic rings. The van der Waals surface area contributed by atoms with E-state index in [-0.39, 0.29) is 0 Å². The number of aromatic nitrogens is 3. The second-order valence-electron chi connectivity index (χ2n) is 5.09. The van der Waals surface area contributed by atoms with Crippen LogP contribution >= 0.6 is 11.6 Å². The molecule has 3 aromatic rings. The van der Waals surface area contributed by atoms with Crippen molar-refractivity contribution in [1.29, 1.82) is 5.26 Å². The molecule has 1 heterocycles. The van der Waals surface area contributed by atoms with E-state index >= 15 is 0 Å². The van der Waals surface area contributed by atoms with Crippen molar-refractivity contribution in [2.45, 2.75) is 13.8 Å². The Morgan fingerprint density at radius 3 is 2.41 bits per heavy atom. The first-order chi connectivity index (χ1) is 10.6. The van der Waals surface area contributed by atoms with E-state index in [4.69, 9.17) is 11.6 Å². The van der Waals surface area contributed by atoms with Gasteiger partial charge in [0.2, 0.25) is 0 Å². The minimum atomic E-state index is 0.304. The van der Waals surface area contributed by atoms with Crippen molar-refractivity contribution >= 4 is 11.6 Å². The van der Waals surface area contributed by atoms with E-state index in [1.165, 1.54) is 5.56 Å². The Labute approximate surface area is 133 Å². The van der Waals surface area contributed by atoms with E-state index in [0.717, 1.165) is 16.8 Å². The summed E-state index contributed by atoms with van der Waals surface area (Å²) in [7, 11) is 0. The highest BCUT2D eigenvalue weighted by Crippen LogP contribution is 2.27. The predicted octanol–water partition coefficient (Wildman–Crippen LogP) is 4.08. The summed E-state index contributed by atoms with van der Waals surface area (Å²) < 4.78 is 1.67. The van der Waals surface area contributed by atoms with Crippen molar-refractivity contribution in [2.24, 2.45) is 0 Å². The molecule has 108 valence electrons. The van der Waals surface area contributed by atoms with Crippen molar-refractivity contribution in [3.8, 4) is 23.0 Å². The Morgan fingerprint density at radius 2 is 1.77 bits per heavy atom. The van der Waals surface area contributed by atoms with Crippen LogP contribution in [0.5, 0.6) is 0 Å². The SMILES string of the molecule is Cc1ccc(-c2c(C#N)nnn2-c2ccc(Cl)cc2)cc1C. The first-order valence-electron chi connectivity index (χ1n) is 6.79. The van der Waals surface area contributed by atoms with E-state index in [9.17, 15) is 5.26 Å². The second kappa shape index (κ2) is 5.63. The highest BCUT2D eigenvalue weighted by Gasteiger charge is 2.16. The second-order valence-corrected chi connectivity index (χ2v) is 5.52. The normalized spacial score (nSPS) is 10.5. The largest absolute Gasteiger partial charge is 0.211 e. The molecule has 22 heavy (non-hydrogen) atoms. The summed E-state index contributed by atoms with van der Waals surface area (Å²) in [6, 6.07) is 15.4. The molecular weight excluding hydrogens is 296 g/mol. The third kappa shape index (κ3) is 2.47. The number of nitrogens with zero attached hydrogens (tertiary/aromatic N) is 4. The molecule has 0 saturated carbocycles. The smallest absolute Gasteiger partial charge is 0.191 e. The van der Waals surface area contributed by atoms with Crippen molar-refractivity contribution in [2.75, 3.05) is 0 Å².